The van der Waals surface area contributed by atoms with E-state index in [1.54, 1.807) is 0 Å². The van der Waals surface area contributed by atoms with Gasteiger partial charge in [-0.15, -0.1) is 0 Å². The summed E-state index contributed by atoms with van der Waals surface area (Å²) in [6, 6.07) is 0. The van der Waals surface area contributed by atoms with Gasteiger partial charge in [-0.2, -0.15) is 0 Å². The van der Waals surface area contributed by atoms with Gasteiger partial charge in [0.2, 0.25) is 0 Å². The van der Waals surface area contributed by atoms with Crippen molar-refractivity contribution < 1.29 is 18.1 Å². The first-order valence-electron chi connectivity index (χ1n) is 6.30. The van der Waals surface area contributed by atoms with Crippen LogP contribution < -0.4 is 4.90 Å². The topological polar surface area (TPSA) is 47.8 Å². The Kier molecular flexibility index (Phi) is 2.53. The van der Waals surface area contributed by atoms with E-state index in [0.717, 1.165) is 45.6 Å². The van der Waals surface area contributed by atoms with Gasteiger partial charge in [-0.3, -0.25) is 0 Å². The van der Waals surface area contributed by atoms with Crippen molar-refractivity contribution in [1.82, 2.24) is 0 Å². The largest absolute Gasteiger partial charge is 0.370 e. The third-order valence-corrected chi connectivity index (χ3v) is 7.12. The van der Waals surface area contributed by atoms with Crippen LogP contribution in [-0.4, -0.2) is 51.3 Å². The molecule has 5 heteroatoms. The molecule has 4 nitrogen and oxygen atoms in total. The van der Waals surface area contributed by atoms with Crippen LogP contribution in [0.5, 0.6) is 0 Å². The number of hydrogen-bond acceptors (Lipinski definition) is 3. The van der Waals surface area contributed by atoms with Crippen LogP contribution >= 0.6 is 0 Å². The second kappa shape index (κ2) is 3.68. The number of morpholine rings is 1. The smallest absolute Gasteiger partial charge is 0.165 e. The van der Waals surface area contributed by atoms with Gasteiger partial charge in [0.05, 0.1) is 13.2 Å². The average Bonchev–Trinajstić information content (AvgIpc) is 2.29. The Bertz CT molecular complexity index is 375. The van der Waals surface area contributed by atoms with Crippen molar-refractivity contribution >= 4 is 9.84 Å². The number of rotatable bonds is 1. The van der Waals surface area contributed by atoms with E-state index in [0.29, 0.717) is 5.75 Å². The molecule has 1 aliphatic carbocycles. The molecule has 1 saturated carbocycles. The van der Waals surface area contributed by atoms with E-state index in [1.165, 1.54) is 11.3 Å². The third kappa shape index (κ3) is 1.45. The monoisotopic (exact) mass is 246 g/mol. The lowest BCUT2D eigenvalue weighted by atomic mass is 9.80. The lowest BCUT2D eigenvalue weighted by Gasteiger charge is -2.54. The zero-order valence-electron chi connectivity index (χ0n) is 9.57. The first-order valence-corrected chi connectivity index (χ1v) is 8.01. The highest BCUT2D eigenvalue weighted by atomic mass is 32.2. The van der Waals surface area contributed by atoms with E-state index >= 15 is 0 Å². The number of sulfone groups is 1. The zero-order chi connectivity index (χ0) is 11.2. The summed E-state index contributed by atoms with van der Waals surface area (Å²) in [4.78, 5) is 1.50. The number of fused-ring (bicyclic) bond motifs is 1. The van der Waals surface area contributed by atoms with Gasteiger partial charge >= 0.3 is 0 Å². The normalized spacial score (nSPS) is 43.4. The number of quaternary nitrogens is 1. The molecule has 0 aromatic rings. The van der Waals surface area contributed by atoms with Crippen molar-refractivity contribution in [3.63, 3.8) is 0 Å². The van der Waals surface area contributed by atoms with Crippen LogP contribution in [-0.2, 0) is 14.6 Å². The van der Waals surface area contributed by atoms with Crippen LogP contribution in [0, 0.1) is 0 Å². The quantitative estimate of drug-likeness (QED) is 0.646. The van der Waals surface area contributed by atoms with E-state index in [1.807, 2.05) is 0 Å². The summed E-state index contributed by atoms with van der Waals surface area (Å²) in [7, 11) is -2.75. The summed E-state index contributed by atoms with van der Waals surface area (Å²) < 4.78 is 29.1. The molecule has 2 saturated heterocycles. The SMILES string of the molecule is O=S1(=O)C[C@@]2([NH+]3CCOCC3)CCCC[C@H]21. The maximum Gasteiger partial charge on any atom is 0.165 e. The molecular formula is C11H20NO3S+. The van der Waals surface area contributed by atoms with Gasteiger partial charge < -0.3 is 9.64 Å². The van der Waals surface area contributed by atoms with E-state index < -0.39 is 9.84 Å². The zero-order valence-corrected chi connectivity index (χ0v) is 10.4. The molecule has 2 atom stereocenters. The standard InChI is InChI=1S/C11H19NO3S/c13-16(14)9-11(4-2-1-3-10(11)16)12-5-7-15-8-6-12/h10H,1-9H2/p+1/t10-,11+/m1/s1. The maximum absolute atomic E-state index is 11.9. The van der Waals surface area contributed by atoms with Crippen molar-refractivity contribution in [3.8, 4) is 0 Å². The van der Waals surface area contributed by atoms with Crippen molar-refractivity contribution in [2.24, 2.45) is 0 Å². The molecule has 3 fully saturated rings. The average molecular weight is 246 g/mol. The van der Waals surface area contributed by atoms with Crippen LogP contribution in [0.2, 0.25) is 0 Å². The Morgan fingerprint density at radius 3 is 2.62 bits per heavy atom. The molecule has 0 bridgehead atoms. The van der Waals surface area contributed by atoms with Crippen LogP contribution in [0.1, 0.15) is 25.7 Å². The van der Waals surface area contributed by atoms with Crippen molar-refractivity contribution in [1.29, 1.82) is 0 Å². The molecule has 2 aliphatic heterocycles. The maximum atomic E-state index is 11.9. The highest BCUT2D eigenvalue weighted by Crippen LogP contribution is 2.41. The summed E-state index contributed by atoms with van der Waals surface area (Å²) in [6.45, 7) is 3.58. The molecule has 0 spiro atoms. The van der Waals surface area contributed by atoms with Gasteiger partial charge in [0.25, 0.3) is 0 Å². The minimum atomic E-state index is -2.75. The Hall–Kier alpha value is -0.130. The summed E-state index contributed by atoms with van der Waals surface area (Å²) in [6.07, 6.45) is 4.30. The predicted octanol–water partition coefficient (Wildman–Crippen LogP) is -0.989. The van der Waals surface area contributed by atoms with Crippen LogP contribution in [0.4, 0.5) is 0 Å². The lowest BCUT2D eigenvalue weighted by molar-refractivity contribution is -0.959. The third-order valence-electron chi connectivity index (χ3n) is 4.65. The highest BCUT2D eigenvalue weighted by Gasteiger charge is 2.65. The molecule has 16 heavy (non-hydrogen) atoms. The summed E-state index contributed by atoms with van der Waals surface area (Å²) in [5.74, 6) is 0.431. The predicted molar refractivity (Wildman–Crippen MR) is 60.3 cm³/mol. The summed E-state index contributed by atoms with van der Waals surface area (Å²) >= 11 is 0. The van der Waals surface area contributed by atoms with Gasteiger partial charge in [-0.1, -0.05) is 6.42 Å². The minimum Gasteiger partial charge on any atom is -0.370 e. The van der Waals surface area contributed by atoms with Crippen molar-refractivity contribution in [2.45, 2.75) is 36.5 Å². The second-order valence-corrected chi connectivity index (χ2v) is 7.60. The van der Waals surface area contributed by atoms with E-state index in [9.17, 15) is 8.42 Å². The van der Waals surface area contributed by atoms with Crippen molar-refractivity contribution in [2.75, 3.05) is 32.1 Å². The molecular weight excluding hydrogens is 226 g/mol. The summed E-state index contributed by atoms with van der Waals surface area (Å²) in [5.41, 5.74) is 0.0703. The molecule has 92 valence electrons. The van der Waals surface area contributed by atoms with Gasteiger partial charge in [0.1, 0.15) is 29.6 Å². The van der Waals surface area contributed by atoms with Crippen LogP contribution in [0.25, 0.3) is 0 Å². The number of nitrogens with one attached hydrogen (secondary N) is 1. The highest BCUT2D eigenvalue weighted by molar-refractivity contribution is 7.93. The molecule has 1 N–H and O–H groups in total. The van der Waals surface area contributed by atoms with Crippen LogP contribution in [0.15, 0.2) is 0 Å². The molecule has 2 heterocycles. The molecule has 0 radical (unpaired) electrons. The fraction of sp³-hybridized carbons (Fsp3) is 1.00. The van der Waals surface area contributed by atoms with Gasteiger partial charge in [-0.25, -0.2) is 8.42 Å². The van der Waals surface area contributed by atoms with Gasteiger partial charge in [0.15, 0.2) is 9.84 Å². The van der Waals surface area contributed by atoms with Crippen molar-refractivity contribution in [3.05, 3.63) is 0 Å². The van der Waals surface area contributed by atoms with Crippen LogP contribution in [0.3, 0.4) is 0 Å². The first kappa shape index (κ1) is 11.0. The fourth-order valence-electron chi connectivity index (χ4n) is 3.88. The molecule has 0 amide bonds. The molecule has 0 aromatic heterocycles. The number of ether oxygens (including phenoxy) is 1. The Balaban J connectivity index is 1.85. The molecule has 3 aliphatic rings. The van der Waals surface area contributed by atoms with Gasteiger partial charge in [-0.05, 0) is 12.8 Å². The lowest BCUT2D eigenvalue weighted by Crippen LogP contribution is -3.26. The first-order chi connectivity index (χ1) is 7.65. The Morgan fingerprint density at radius 2 is 1.94 bits per heavy atom. The van der Waals surface area contributed by atoms with Gasteiger partial charge in [0, 0.05) is 6.42 Å². The molecule has 3 rings (SSSR count). The summed E-state index contributed by atoms with van der Waals surface area (Å²) in [5, 5.41) is -0.0400. The Morgan fingerprint density at radius 1 is 1.19 bits per heavy atom. The molecule has 0 unspecified atom stereocenters. The second-order valence-electron chi connectivity index (χ2n) is 5.41. The Labute approximate surface area is 96.9 Å². The van der Waals surface area contributed by atoms with E-state index in [2.05, 4.69) is 0 Å². The van der Waals surface area contributed by atoms with E-state index in [-0.39, 0.29) is 10.8 Å². The number of hydrogen-bond donors (Lipinski definition) is 1. The molecule has 0 aromatic carbocycles. The fourth-order valence-corrected chi connectivity index (χ4v) is 6.63. The van der Waals surface area contributed by atoms with E-state index in [4.69, 9.17) is 4.74 Å². The minimum absolute atomic E-state index is 0.0400.